The van der Waals surface area contributed by atoms with Gasteiger partial charge >= 0.3 is 12.1 Å². The Balaban J connectivity index is 0.000000196. The van der Waals surface area contributed by atoms with E-state index < -0.39 is 24.2 Å². The monoisotopic (exact) mass is 768 g/mol. The van der Waals surface area contributed by atoms with Crippen molar-refractivity contribution < 1.29 is 29.3 Å². The summed E-state index contributed by atoms with van der Waals surface area (Å²) in [5, 5.41) is 31.3. The molecule has 294 valence electrons. The van der Waals surface area contributed by atoms with E-state index in [1.807, 2.05) is 113 Å². The number of rotatable bonds is 14. The first kappa shape index (κ1) is 40.3. The molecule has 7 rings (SSSR count). The van der Waals surface area contributed by atoms with Crippen molar-refractivity contribution in [2.45, 2.75) is 57.7 Å². The molecule has 1 aliphatic rings. The van der Waals surface area contributed by atoms with Crippen molar-refractivity contribution in [3.63, 3.8) is 0 Å². The summed E-state index contributed by atoms with van der Waals surface area (Å²) >= 11 is 0. The Labute approximate surface area is 331 Å². The Kier molecular flexibility index (Phi) is 12.8. The van der Waals surface area contributed by atoms with Gasteiger partial charge in [-0.3, -0.25) is 0 Å². The zero-order valence-corrected chi connectivity index (χ0v) is 32.5. The molecule has 1 heterocycles. The number of hydrogen-bond donors (Lipinski definition) is 5. The first-order valence-corrected chi connectivity index (χ1v) is 19.0. The summed E-state index contributed by atoms with van der Waals surface area (Å²) in [5.41, 5.74) is 16.4. The number of nitrogens with zero attached hydrogens (tertiary/aromatic N) is 3. The van der Waals surface area contributed by atoms with E-state index in [4.69, 9.17) is 15.0 Å². The predicted octanol–water partition coefficient (Wildman–Crippen LogP) is 9.55. The number of amides is 1. The van der Waals surface area contributed by atoms with Gasteiger partial charge in [0.25, 0.3) is 0 Å². The first-order chi connectivity index (χ1) is 27.4. The maximum atomic E-state index is 12.1. The number of benzene rings is 5. The van der Waals surface area contributed by atoms with E-state index in [1.165, 1.54) is 0 Å². The van der Waals surface area contributed by atoms with Gasteiger partial charge in [0, 0.05) is 44.9 Å². The molecular formula is C45H48N6O6. The van der Waals surface area contributed by atoms with Crippen molar-refractivity contribution in [1.29, 1.82) is 0 Å². The maximum Gasteiger partial charge on any atom is 0.407 e. The molecule has 1 aliphatic carbocycles. The number of para-hydroxylation sites is 1. The molecule has 0 saturated heterocycles. The zero-order chi connectivity index (χ0) is 40.5. The summed E-state index contributed by atoms with van der Waals surface area (Å²) in [5.74, 6) is -0.180. The molecule has 1 amide bonds. The largest absolute Gasteiger partial charge is 0.490 e. The lowest BCUT2D eigenvalue weighted by Crippen LogP contribution is -2.42. The number of nitrogens with one attached hydrogen (secondary N) is 3. The Bertz CT molecular complexity index is 2340. The second-order valence-corrected chi connectivity index (χ2v) is 15.0. The lowest BCUT2D eigenvalue weighted by molar-refractivity contribution is -0.139. The minimum atomic E-state index is -1.05. The van der Waals surface area contributed by atoms with E-state index in [0.29, 0.717) is 18.7 Å². The SMILES string of the molecule is CC(C)(NCC(O)COc1cccc2[nH]c3ccccc3c12)c1ccc(N=[N+]=[N-])cc1.CC(C)C[C@H](NC(=O)OCC1c2ccccc2-c2ccccc21)C(=O)O. The van der Waals surface area contributed by atoms with Crippen LogP contribution in [0.4, 0.5) is 10.5 Å². The smallest absolute Gasteiger partial charge is 0.407 e. The Hall–Kier alpha value is -6.33. The molecule has 0 bridgehead atoms. The molecule has 0 saturated carbocycles. The highest BCUT2D eigenvalue weighted by Gasteiger charge is 2.30. The number of alkyl carbamates (subject to hydrolysis) is 1. The third-order valence-electron chi connectivity index (χ3n) is 10.1. The second-order valence-electron chi connectivity index (χ2n) is 15.0. The number of azide groups is 1. The predicted molar refractivity (Wildman–Crippen MR) is 223 cm³/mol. The van der Waals surface area contributed by atoms with Crippen LogP contribution in [-0.2, 0) is 15.1 Å². The number of aromatic amines is 1. The van der Waals surface area contributed by atoms with Crippen LogP contribution in [0.2, 0.25) is 0 Å². The van der Waals surface area contributed by atoms with Gasteiger partial charge in [0.1, 0.15) is 31.1 Å². The Morgan fingerprint density at radius 3 is 2.16 bits per heavy atom. The van der Waals surface area contributed by atoms with Gasteiger partial charge < -0.3 is 35.3 Å². The van der Waals surface area contributed by atoms with Crippen LogP contribution in [-0.4, -0.2) is 59.2 Å². The number of aliphatic hydroxyl groups excluding tert-OH is 1. The van der Waals surface area contributed by atoms with Gasteiger partial charge in [0.2, 0.25) is 0 Å². The summed E-state index contributed by atoms with van der Waals surface area (Å²) in [6.07, 6.45) is -1.01. The highest BCUT2D eigenvalue weighted by molar-refractivity contribution is 6.10. The number of H-pyrrole nitrogens is 1. The average molecular weight is 769 g/mol. The number of carboxylic acids is 1. The van der Waals surface area contributed by atoms with E-state index >= 15 is 0 Å². The molecule has 1 unspecified atom stereocenters. The number of aliphatic carboxylic acids is 1. The topological polar surface area (TPSA) is 182 Å². The molecule has 0 fully saturated rings. The van der Waals surface area contributed by atoms with Crippen LogP contribution >= 0.6 is 0 Å². The van der Waals surface area contributed by atoms with Crippen LogP contribution in [0.1, 0.15) is 56.7 Å². The quantitative estimate of drug-likeness (QED) is 0.0415. The van der Waals surface area contributed by atoms with Crippen molar-refractivity contribution in [2.24, 2.45) is 11.0 Å². The summed E-state index contributed by atoms with van der Waals surface area (Å²) in [6.45, 7) is 8.62. The van der Waals surface area contributed by atoms with Gasteiger partial charge in [-0.2, -0.15) is 0 Å². The minimum Gasteiger partial charge on any atom is -0.490 e. The number of fused-ring (bicyclic) bond motifs is 6. The molecule has 0 radical (unpaired) electrons. The third kappa shape index (κ3) is 9.74. The molecule has 1 aromatic heterocycles. The second kappa shape index (κ2) is 18.1. The minimum absolute atomic E-state index is 0.0403. The number of carboxylic acid groups (broad SMARTS) is 1. The summed E-state index contributed by atoms with van der Waals surface area (Å²) in [7, 11) is 0. The first-order valence-electron chi connectivity index (χ1n) is 19.0. The van der Waals surface area contributed by atoms with Gasteiger partial charge in [0.15, 0.2) is 0 Å². The molecule has 5 aromatic carbocycles. The zero-order valence-electron chi connectivity index (χ0n) is 32.5. The molecule has 2 atom stereocenters. The summed E-state index contributed by atoms with van der Waals surface area (Å²) < 4.78 is 11.4. The standard InChI is InChI=1S/C24H25N5O2.C21H23NO4/c1-24(2,16-10-12-17(13-11-16)28-29-25)26-14-18(30)15-31-22-9-5-8-21-23(22)19-6-3-4-7-20(19)27-21;1-13(2)11-19(20(23)24)22-21(25)26-12-18-16-9-5-3-7-14(16)15-8-4-6-10-17(15)18/h3-13,18,26-27,30H,14-15H2,1-2H3;3-10,13,18-19H,11-12H2,1-2H3,(H,22,25)(H,23,24)/t;19-/m.0/s1. The summed E-state index contributed by atoms with van der Waals surface area (Å²) in [6, 6.07) is 36.6. The van der Waals surface area contributed by atoms with E-state index in [2.05, 4.69) is 43.8 Å². The lowest BCUT2D eigenvalue weighted by Gasteiger charge is -2.28. The van der Waals surface area contributed by atoms with Crippen LogP contribution in [0, 0.1) is 5.92 Å². The normalized spacial score (nSPS) is 13.2. The number of carbonyl (C=O) groups excluding carboxylic acids is 1. The molecule has 6 aromatic rings. The van der Waals surface area contributed by atoms with Crippen LogP contribution in [0.25, 0.3) is 43.4 Å². The van der Waals surface area contributed by atoms with Crippen molar-refractivity contribution in [3.8, 4) is 16.9 Å². The summed E-state index contributed by atoms with van der Waals surface area (Å²) in [4.78, 5) is 29.6. The molecule has 5 N–H and O–H groups in total. The fourth-order valence-corrected chi connectivity index (χ4v) is 7.18. The van der Waals surface area contributed by atoms with E-state index in [-0.39, 0.29) is 30.6 Å². The number of ether oxygens (including phenoxy) is 2. The van der Waals surface area contributed by atoms with Crippen LogP contribution in [0.5, 0.6) is 5.75 Å². The number of carbonyl (C=O) groups is 2. The van der Waals surface area contributed by atoms with Crippen molar-refractivity contribution in [1.82, 2.24) is 15.6 Å². The van der Waals surface area contributed by atoms with Crippen molar-refractivity contribution in [2.75, 3.05) is 19.8 Å². The van der Waals surface area contributed by atoms with Gasteiger partial charge in [-0.05, 0) is 77.7 Å². The molecule has 0 aliphatic heterocycles. The highest BCUT2D eigenvalue weighted by atomic mass is 16.5. The molecule has 57 heavy (non-hydrogen) atoms. The van der Waals surface area contributed by atoms with Gasteiger partial charge in [-0.25, -0.2) is 9.59 Å². The van der Waals surface area contributed by atoms with Gasteiger partial charge in [0.05, 0.1) is 5.52 Å². The van der Waals surface area contributed by atoms with E-state index in [9.17, 15) is 19.8 Å². The Morgan fingerprint density at radius 2 is 1.51 bits per heavy atom. The van der Waals surface area contributed by atoms with Crippen molar-refractivity contribution in [3.05, 3.63) is 142 Å². The fraction of sp³-hybridized carbons (Fsp3) is 0.289. The van der Waals surface area contributed by atoms with E-state index in [0.717, 1.165) is 55.4 Å². The Morgan fingerprint density at radius 1 is 0.877 bits per heavy atom. The number of aliphatic hydroxyl groups is 1. The average Bonchev–Trinajstić information content (AvgIpc) is 3.75. The third-order valence-corrected chi connectivity index (χ3v) is 10.1. The van der Waals surface area contributed by atoms with Gasteiger partial charge in [-0.15, -0.1) is 0 Å². The van der Waals surface area contributed by atoms with Crippen LogP contribution in [0.15, 0.2) is 120 Å². The van der Waals surface area contributed by atoms with Crippen LogP contribution in [0.3, 0.4) is 0 Å². The molecule has 0 spiro atoms. The number of aromatic nitrogens is 1. The molecular weight excluding hydrogens is 721 g/mol. The van der Waals surface area contributed by atoms with Crippen molar-refractivity contribution >= 4 is 39.6 Å². The fourth-order valence-electron chi connectivity index (χ4n) is 7.18. The highest BCUT2D eigenvalue weighted by Crippen LogP contribution is 2.44. The van der Waals surface area contributed by atoms with Gasteiger partial charge in [-0.1, -0.05) is 116 Å². The number of hydrogen-bond acceptors (Lipinski definition) is 7. The molecule has 12 nitrogen and oxygen atoms in total. The lowest BCUT2D eigenvalue weighted by atomic mass is 9.94. The van der Waals surface area contributed by atoms with Crippen LogP contribution < -0.4 is 15.4 Å². The maximum absolute atomic E-state index is 12.1. The van der Waals surface area contributed by atoms with E-state index in [1.54, 1.807) is 12.1 Å². The molecule has 12 heteroatoms.